The molecule has 0 rings (SSSR count). The van der Waals surface area contributed by atoms with Gasteiger partial charge in [0, 0.05) is 26.4 Å². The summed E-state index contributed by atoms with van der Waals surface area (Å²) in [6, 6.07) is 0. The van der Waals surface area contributed by atoms with Gasteiger partial charge in [-0.25, -0.2) is 0 Å². The minimum Gasteiger partial charge on any atom is -0.381 e. The van der Waals surface area contributed by atoms with E-state index in [0.29, 0.717) is 10.8 Å². The molecule has 0 spiro atoms. The first-order valence-electron chi connectivity index (χ1n) is 7.36. The number of ether oxygens (including phenoxy) is 2. The van der Waals surface area contributed by atoms with Crippen molar-refractivity contribution in [1.82, 2.24) is 0 Å². The standard InChI is InChI=1S/C16H34O2/c1-15(2,3)9-7-11-17-12-8-13-18-14-10-16(4,5)6/h7-14H2,1-6H3. The molecule has 0 amide bonds. The zero-order valence-corrected chi connectivity index (χ0v) is 13.5. The molecule has 2 heteroatoms. The molecule has 0 bridgehead atoms. The third-order valence-electron chi connectivity index (χ3n) is 2.79. The van der Waals surface area contributed by atoms with E-state index in [9.17, 15) is 0 Å². The average Bonchev–Trinajstić information content (AvgIpc) is 2.17. The fourth-order valence-electron chi connectivity index (χ4n) is 1.55. The molecule has 18 heavy (non-hydrogen) atoms. The molecule has 0 N–H and O–H groups in total. The van der Waals surface area contributed by atoms with Crippen LogP contribution in [0, 0.1) is 10.8 Å². The molecule has 0 heterocycles. The van der Waals surface area contributed by atoms with Crippen molar-refractivity contribution in [2.75, 3.05) is 26.4 Å². The van der Waals surface area contributed by atoms with Crippen LogP contribution in [0.25, 0.3) is 0 Å². The van der Waals surface area contributed by atoms with E-state index in [4.69, 9.17) is 9.47 Å². The maximum Gasteiger partial charge on any atom is 0.0487 e. The van der Waals surface area contributed by atoms with E-state index >= 15 is 0 Å². The molecule has 0 saturated carbocycles. The van der Waals surface area contributed by atoms with Crippen molar-refractivity contribution in [2.24, 2.45) is 10.8 Å². The Morgan fingerprint density at radius 1 is 0.556 bits per heavy atom. The van der Waals surface area contributed by atoms with Crippen LogP contribution in [0.2, 0.25) is 0 Å². The summed E-state index contributed by atoms with van der Waals surface area (Å²) < 4.78 is 11.2. The van der Waals surface area contributed by atoms with Gasteiger partial charge < -0.3 is 9.47 Å². The van der Waals surface area contributed by atoms with Crippen LogP contribution < -0.4 is 0 Å². The Kier molecular flexibility index (Phi) is 8.89. The van der Waals surface area contributed by atoms with E-state index in [0.717, 1.165) is 45.7 Å². The van der Waals surface area contributed by atoms with Gasteiger partial charge in [0.25, 0.3) is 0 Å². The van der Waals surface area contributed by atoms with Crippen LogP contribution in [0.5, 0.6) is 0 Å². The maximum absolute atomic E-state index is 5.60. The van der Waals surface area contributed by atoms with E-state index in [-0.39, 0.29) is 0 Å². The Hall–Kier alpha value is -0.0800. The van der Waals surface area contributed by atoms with E-state index in [1.165, 1.54) is 6.42 Å². The van der Waals surface area contributed by atoms with Gasteiger partial charge in [-0.2, -0.15) is 0 Å². The Labute approximate surface area is 114 Å². The van der Waals surface area contributed by atoms with Crippen molar-refractivity contribution in [1.29, 1.82) is 0 Å². The number of hydrogen-bond donors (Lipinski definition) is 0. The minimum absolute atomic E-state index is 0.378. The molecule has 0 radical (unpaired) electrons. The van der Waals surface area contributed by atoms with E-state index in [1.54, 1.807) is 0 Å². The van der Waals surface area contributed by atoms with Gasteiger partial charge in [-0.3, -0.25) is 0 Å². The van der Waals surface area contributed by atoms with Crippen LogP contribution in [0.1, 0.15) is 67.2 Å². The van der Waals surface area contributed by atoms with E-state index in [1.807, 2.05) is 0 Å². The molecular weight excluding hydrogens is 224 g/mol. The van der Waals surface area contributed by atoms with Gasteiger partial charge in [-0.15, -0.1) is 0 Å². The predicted octanol–water partition coefficient (Wildman–Crippen LogP) is 4.67. The third kappa shape index (κ3) is 15.9. The zero-order chi connectivity index (χ0) is 14.1. The highest BCUT2D eigenvalue weighted by Gasteiger charge is 2.09. The van der Waals surface area contributed by atoms with Crippen molar-refractivity contribution in [3.05, 3.63) is 0 Å². The van der Waals surface area contributed by atoms with Gasteiger partial charge in [0.05, 0.1) is 0 Å². The summed E-state index contributed by atoms with van der Waals surface area (Å²) in [5, 5.41) is 0. The molecule has 0 aliphatic rings. The van der Waals surface area contributed by atoms with Crippen molar-refractivity contribution < 1.29 is 9.47 Å². The third-order valence-corrected chi connectivity index (χ3v) is 2.79. The first-order chi connectivity index (χ1) is 8.21. The van der Waals surface area contributed by atoms with E-state index < -0.39 is 0 Å². The smallest absolute Gasteiger partial charge is 0.0487 e. The average molecular weight is 258 g/mol. The SMILES string of the molecule is CC(C)(C)CCCOCCCOCCC(C)(C)C. The highest BCUT2D eigenvalue weighted by molar-refractivity contribution is 4.61. The largest absolute Gasteiger partial charge is 0.381 e. The van der Waals surface area contributed by atoms with Gasteiger partial charge in [0.2, 0.25) is 0 Å². The Morgan fingerprint density at radius 3 is 1.50 bits per heavy atom. The molecule has 110 valence electrons. The Balaban J connectivity index is 3.13. The summed E-state index contributed by atoms with van der Waals surface area (Å²) in [5.41, 5.74) is 0.808. The molecule has 0 fully saturated rings. The molecular formula is C16H34O2. The summed E-state index contributed by atoms with van der Waals surface area (Å²) in [7, 11) is 0. The molecule has 0 aromatic rings. The maximum atomic E-state index is 5.60. The minimum atomic E-state index is 0.378. The molecule has 0 saturated heterocycles. The van der Waals surface area contributed by atoms with Crippen LogP contribution in [-0.4, -0.2) is 26.4 Å². The highest BCUT2D eigenvalue weighted by atomic mass is 16.5. The second-order valence-corrected chi connectivity index (χ2v) is 7.55. The van der Waals surface area contributed by atoms with E-state index in [2.05, 4.69) is 41.5 Å². The van der Waals surface area contributed by atoms with Crippen molar-refractivity contribution >= 4 is 0 Å². The van der Waals surface area contributed by atoms with Gasteiger partial charge in [0.15, 0.2) is 0 Å². The van der Waals surface area contributed by atoms with Crippen molar-refractivity contribution in [3.63, 3.8) is 0 Å². The van der Waals surface area contributed by atoms with Crippen molar-refractivity contribution in [3.8, 4) is 0 Å². The molecule has 0 unspecified atom stereocenters. The molecule has 0 atom stereocenters. The first kappa shape index (κ1) is 17.9. The second kappa shape index (κ2) is 8.92. The van der Waals surface area contributed by atoms with Gasteiger partial charge in [0.1, 0.15) is 0 Å². The molecule has 0 aliphatic carbocycles. The van der Waals surface area contributed by atoms with Gasteiger partial charge >= 0.3 is 0 Å². The lowest BCUT2D eigenvalue weighted by Gasteiger charge is -2.18. The summed E-state index contributed by atoms with van der Waals surface area (Å²) in [6.07, 6.45) is 4.53. The Bertz CT molecular complexity index is 164. The van der Waals surface area contributed by atoms with Crippen LogP contribution >= 0.6 is 0 Å². The monoisotopic (exact) mass is 258 g/mol. The number of rotatable bonds is 9. The van der Waals surface area contributed by atoms with Crippen LogP contribution in [0.3, 0.4) is 0 Å². The summed E-state index contributed by atoms with van der Waals surface area (Å²) in [6.45, 7) is 17.0. The van der Waals surface area contributed by atoms with Crippen LogP contribution in [0.15, 0.2) is 0 Å². The van der Waals surface area contributed by atoms with Crippen LogP contribution in [0.4, 0.5) is 0 Å². The fourth-order valence-corrected chi connectivity index (χ4v) is 1.55. The predicted molar refractivity (Wildman–Crippen MR) is 79.0 cm³/mol. The lowest BCUT2D eigenvalue weighted by Crippen LogP contribution is -2.11. The normalized spacial score (nSPS) is 13.0. The lowest BCUT2D eigenvalue weighted by molar-refractivity contribution is 0.0688. The van der Waals surface area contributed by atoms with Gasteiger partial charge in [-0.05, 0) is 36.5 Å². The quantitative estimate of drug-likeness (QED) is 0.559. The topological polar surface area (TPSA) is 18.5 Å². The lowest BCUT2D eigenvalue weighted by atomic mass is 9.91. The first-order valence-corrected chi connectivity index (χ1v) is 7.36. The highest BCUT2D eigenvalue weighted by Crippen LogP contribution is 2.20. The molecule has 0 aromatic heterocycles. The summed E-state index contributed by atoms with van der Waals surface area (Å²) >= 11 is 0. The zero-order valence-electron chi connectivity index (χ0n) is 13.5. The molecule has 0 aromatic carbocycles. The fraction of sp³-hybridized carbons (Fsp3) is 1.00. The Morgan fingerprint density at radius 2 is 1.00 bits per heavy atom. The van der Waals surface area contributed by atoms with Gasteiger partial charge in [-0.1, -0.05) is 41.5 Å². The molecule has 0 aliphatic heterocycles. The number of hydrogen-bond acceptors (Lipinski definition) is 2. The summed E-state index contributed by atoms with van der Waals surface area (Å²) in [5.74, 6) is 0. The second-order valence-electron chi connectivity index (χ2n) is 7.55. The van der Waals surface area contributed by atoms with Crippen LogP contribution in [-0.2, 0) is 9.47 Å². The van der Waals surface area contributed by atoms with Crippen molar-refractivity contribution in [2.45, 2.75) is 67.2 Å². The molecule has 2 nitrogen and oxygen atoms in total. The summed E-state index contributed by atoms with van der Waals surface area (Å²) in [4.78, 5) is 0.